The summed E-state index contributed by atoms with van der Waals surface area (Å²) in [4.78, 5) is 23.8. The summed E-state index contributed by atoms with van der Waals surface area (Å²) in [5.74, 6) is -0.527. The highest BCUT2D eigenvalue weighted by Gasteiger charge is 2.24. The molecule has 0 radical (unpaired) electrons. The maximum Gasteiger partial charge on any atom is 0.435 e. The number of esters is 1. The summed E-state index contributed by atoms with van der Waals surface area (Å²) < 4.78 is 11.2. The van der Waals surface area contributed by atoms with Crippen molar-refractivity contribution in [3.8, 4) is 0 Å². The molecule has 0 unspecified atom stereocenters. The van der Waals surface area contributed by atoms with Gasteiger partial charge in [0.25, 0.3) is 0 Å². The van der Waals surface area contributed by atoms with E-state index >= 15 is 0 Å². The van der Waals surface area contributed by atoms with Crippen LogP contribution in [0.2, 0.25) is 0 Å². The van der Waals surface area contributed by atoms with Gasteiger partial charge in [0.05, 0.1) is 18.3 Å². The van der Waals surface area contributed by atoms with Gasteiger partial charge in [0.15, 0.2) is 0 Å². The van der Waals surface area contributed by atoms with E-state index in [0.717, 1.165) is 5.39 Å². The lowest BCUT2D eigenvalue weighted by atomic mass is 10.1. The molecule has 0 spiro atoms. The fourth-order valence-corrected chi connectivity index (χ4v) is 2.17. The van der Waals surface area contributed by atoms with E-state index in [9.17, 15) is 9.59 Å². The molecule has 1 heterocycles. The second-order valence-electron chi connectivity index (χ2n) is 6.19. The summed E-state index contributed by atoms with van der Waals surface area (Å²) in [5.41, 5.74) is 6.32. The first-order valence-electron chi connectivity index (χ1n) is 7.26. The first kappa shape index (κ1) is 17.0. The highest BCUT2D eigenvalue weighted by Crippen LogP contribution is 2.21. The fourth-order valence-electron chi connectivity index (χ4n) is 2.17. The van der Waals surface area contributed by atoms with E-state index in [1.54, 1.807) is 32.9 Å². The summed E-state index contributed by atoms with van der Waals surface area (Å²) >= 11 is 0. The molecule has 0 aliphatic rings. The van der Waals surface area contributed by atoms with Gasteiger partial charge in [0.2, 0.25) is 0 Å². The first-order valence-corrected chi connectivity index (χ1v) is 7.26. The van der Waals surface area contributed by atoms with Crippen molar-refractivity contribution in [3.63, 3.8) is 0 Å². The van der Waals surface area contributed by atoms with Crippen molar-refractivity contribution in [1.29, 1.82) is 0 Å². The van der Waals surface area contributed by atoms with Crippen molar-refractivity contribution in [2.45, 2.75) is 38.8 Å². The molecule has 0 fully saturated rings. The molecule has 1 atom stereocenters. The number of para-hydroxylation sites is 1. The number of hydrogen-bond donors (Lipinski definition) is 1. The molecule has 124 valence electrons. The Kier molecular flexibility index (Phi) is 4.70. The van der Waals surface area contributed by atoms with Crippen LogP contribution in [0.25, 0.3) is 10.9 Å². The zero-order chi connectivity index (χ0) is 17.2. The Hall–Kier alpha value is -2.41. The van der Waals surface area contributed by atoms with E-state index in [-0.39, 0.29) is 6.42 Å². The van der Waals surface area contributed by atoms with Gasteiger partial charge in [-0.25, -0.2) is 4.79 Å². The van der Waals surface area contributed by atoms with Crippen molar-refractivity contribution in [2.24, 2.45) is 5.73 Å². The summed E-state index contributed by atoms with van der Waals surface area (Å²) in [6.07, 6.45) is -0.408. The second-order valence-corrected chi connectivity index (χ2v) is 6.19. The lowest BCUT2D eigenvalue weighted by molar-refractivity contribution is -0.142. The maximum atomic E-state index is 12.3. The Labute approximate surface area is 134 Å². The normalized spacial score (nSPS) is 12.9. The number of ether oxygens (including phenoxy) is 2. The predicted molar refractivity (Wildman–Crippen MR) is 85.1 cm³/mol. The Morgan fingerprint density at radius 1 is 1.30 bits per heavy atom. The Morgan fingerprint density at radius 2 is 1.96 bits per heavy atom. The van der Waals surface area contributed by atoms with Crippen LogP contribution >= 0.6 is 0 Å². The molecule has 0 amide bonds. The van der Waals surface area contributed by atoms with E-state index in [2.05, 4.69) is 9.84 Å². The van der Waals surface area contributed by atoms with Crippen LogP contribution in [0.1, 0.15) is 26.5 Å². The minimum atomic E-state index is -0.842. The van der Waals surface area contributed by atoms with Crippen LogP contribution in [0.5, 0.6) is 0 Å². The summed E-state index contributed by atoms with van der Waals surface area (Å²) in [6.45, 7) is 5.35. The minimum absolute atomic E-state index is 0.170. The van der Waals surface area contributed by atoms with Crippen molar-refractivity contribution < 1.29 is 19.1 Å². The Morgan fingerprint density at radius 3 is 2.57 bits per heavy atom. The molecule has 1 aromatic carbocycles. The highest BCUT2D eigenvalue weighted by molar-refractivity contribution is 5.90. The lowest BCUT2D eigenvalue weighted by Gasteiger charge is -2.19. The average molecular weight is 319 g/mol. The number of carbonyl (C=O) groups excluding carboxylic acids is 2. The molecule has 7 nitrogen and oxygen atoms in total. The number of carbonyl (C=O) groups is 2. The molecule has 0 aliphatic carbocycles. The molecule has 0 saturated heterocycles. The number of nitrogens with zero attached hydrogens (tertiary/aromatic N) is 2. The zero-order valence-corrected chi connectivity index (χ0v) is 13.7. The molecular formula is C16H21N3O4. The van der Waals surface area contributed by atoms with E-state index < -0.39 is 23.7 Å². The van der Waals surface area contributed by atoms with E-state index in [4.69, 9.17) is 10.5 Å². The van der Waals surface area contributed by atoms with E-state index in [1.807, 2.05) is 12.1 Å². The zero-order valence-electron chi connectivity index (χ0n) is 13.7. The highest BCUT2D eigenvalue weighted by atomic mass is 16.6. The molecule has 23 heavy (non-hydrogen) atoms. The van der Waals surface area contributed by atoms with Crippen molar-refractivity contribution in [3.05, 3.63) is 30.0 Å². The molecule has 0 aliphatic heterocycles. The summed E-state index contributed by atoms with van der Waals surface area (Å²) in [5, 5.41) is 5.03. The van der Waals surface area contributed by atoms with Gasteiger partial charge in [-0.15, -0.1) is 0 Å². The van der Waals surface area contributed by atoms with Gasteiger partial charge >= 0.3 is 12.1 Å². The van der Waals surface area contributed by atoms with Gasteiger partial charge in [0, 0.05) is 11.8 Å². The number of fused-ring (bicyclic) bond motifs is 1. The number of benzene rings is 1. The van der Waals surface area contributed by atoms with Crippen LogP contribution in [-0.2, 0) is 20.7 Å². The van der Waals surface area contributed by atoms with Crippen LogP contribution < -0.4 is 5.73 Å². The fraction of sp³-hybridized carbons (Fsp3) is 0.438. The second kappa shape index (κ2) is 6.37. The topological polar surface area (TPSA) is 96.4 Å². The molecule has 1 aromatic heterocycles. The number of aromatic nitrogens is 2. The van der Waals surface area contributed by atoms with Crippen LogP contribution in [0.4, 0.5) is 4.79 Å². The first-order chi connectivity index (χ1) is 10.7. The number of rotatable bonds is 3. The monoisotopic (exact) mass is 319 g/mol. The molecule has 7 heteroatoms. The lowest BCUT2D eigenvalue weighted by Crippen LogP contribution is -2.34. The minimum Gasteiger partial charge on any atom is -0.468 e. The molecule has 0 saturated carbocycles. The quantitative estimate of drug-likeness (QED) is 0.867. The molecule has 2 N–H and O–H groups in total. The van der Waals surface area contributed by atoms with Gasteiger partial charge in [-0.05, 0) is 26.8 Å². The van der Waals surface area contributed by atoms with Gasteiger partial charge < -0.3 is 15.2 Å². The molecule has 0 bridgehead atoms. The molecule has 2 aromatic rings. The van der Waals surface area contributed by atoms with Crippen molar-refractivity contribution in [2.75, 3.05) is 7.11 Å². The SMILES string of the molecule is COC(=O)[C@H](N)Cc1nn(C(=O)OC(C)(C)C)c2ccccc12. The van der Waals surface area contributed by atoms with Gasteiger partial charge in [-0.2, -0.15) is 9.78 Å². The van der Waals surface area contributed by atoms with Gasteiger partial charge in [-0.1, -0.05) is 18.2 Å². The third-order valence-electron chi connectivity index (χ3n) is 3.15. The number of nitrogens with two attached hydrogens (primary N) is 1. The molecular weight excluding hydrogens is 298 g/mol. The number of hydrogen-bond acceptors (Lipinski definition) is 6. The van der Waals surface area contributed by atoms with Gasteiger partial charge in [0.1, 0.15) is 11.6 Å². The predicted octanol–water partition coefficient (Wildman–Crippen LogP) is 1.86. The maximum absolute atomic E-state index is 12.3. The Balaban J connectivity index is 2.40. The van der Waals surface area contributed by atoms with Crippen molar-refractivity contribution >= 4 is 23.0 Å². The standard InChI is InChI=1S/C16H21N3O4/c1-16(2,3)23-15(21)19-13-8-6-5-7-10(13)12(18-19)9-11(17)14(20)22-4/h5-8,11H,9,17H2,1-4H3/t11-/m1/s1. The largest absolute Gasteiger partial charge is 0.468 e. The van der Waals surface area contributed by atoms with Crippen LogP contribution in [0, 0.1) is 0 Å². The summed E-state index contributed by atoms with van der Waals surface area (Å²) in [6, 6.07) is 6.37. The van der Waals surface area contributed by atoms with Crippen LogP contribution in [-0.4, -0.2) is 40.6 Å². The van der Waals surface area contributed by atoms with Gasteiger partial charge in [-0.3, -0.25) is 4.79 Å². The van der Waals surface area contributed by atoms with E-state index in [0.29, 0.717) is 11.2 Å². The van der Waals surface area contributed by atoms with Crippen LogP contribution in [0.15, 0.2) is 24.3 Å². The van der Waals surface area contributed by atoms with Crippen LogP contribution in [0.3, 0.4) is 0 Å². The Bertz CT molecular complexity index is 730. The third kappa shape index (κ3) is 3.87. The molecule has 2 rings (SSSR count). The smallest absolute Gasteiger partial charge is 0.435 e. The average Bonchev–Trinajstić information content (AvgIpc) is 2.84. The number of methoxy groups -OCH3 is 1. The third-order valence-corrected chi connectivity index (χ3v) is 3.15. The van der Waals surface area contributed by atoms with E-state index in [1.165, 1.54) is 11.8 Å². The summed E-state index contributed by atoms with van der Waals surface area (Å²) in [7, 11) is 1.28. The van der Waals surface area contributed by atoms with Crippen molar-refractivity contribution in [1.82, 2.24) is 9.78 Å².